The maximum Gasteiger partial charge on any atom is 0.323 e. The van der Waals surface area contributed by atoms with Gasteiger partial charge in [0.1, 0.15) is 17.1 Å². The second-order valence-corrected chi connectivity index (χ2v) is 9.04. The van der Waals surface area contributed by atoms with Gasteiger partial charge in [-0.15, -0.1) is 0 Å². The molecule has 0 bridgehead atoms. The number of ether oxygens (including phenoxy) is 2. The number of morpholine rings is 1. The summed E-state index contributed by atoms with van der Waals surface area (Å²) in [5, 5.41) is 5.29. The third kappa shape index (κ3) is 5.57. The van der Waals surface area contributed by atoms with Gasteiger partial charge in [-0.25, -0.2) is 18.9 Å². The van der Waals surface area contributed by atoms with Gasteiger partial charge in [-0.2, -0.15) is 0 Å². The summed E-state index contributed by atoms with van der Waals surface area (Å²) >= 11 is 0. The van der Waals surface area contributed by atoms with Crippen molar-refractivity contribution >= 4 is 23.4 Å². The lowest BCUT2D eigenvalue weighted by Crippen LogP contribution is -2.43. The number of halogens is 1. The summed E-state index contributed by atoms with van der Waals surface area (Å²) in [5.41, 5.74) is 0.691. The molecule has 3 amide bonds. The molecule has 0 unspecified atom stereocenters. The van der Waals surface area contributed by atoms with Crippen LogP contribution in [0.25, 0.3) is 5.69 Å². The monoisotopic (exact) mass is 546 g/mol. The number of para-hydroxylation sites is 1. The summed E-state index contributed by atoms with van der Waals surface area (Å²) in [6.45, 7) is 3.55. The van der Waals surface area contributed by atoms with Gasteiger partial charge in [-0.05, 0) is 37.3 Å². The number of hydrogen-bond acceptors (Lipinski definition) is 6. The van der Waals surface area contributed by atoms with Crippen LogP contribution in [0, 0.1) is 12.7 Å². The van der Waals surface area contributed by atoms with E-state index in [1.165, 1.54) is 35.1 Å². The van der Waals surface area contributed by atoms with Gasteiger partial charge < -0.3 is 19.7 Å². The first-order valence-electron chi connectivity index (χ1n) is 12.5. The molecule has 0 radical (unpaired) electrons. The molecule has 206 valence electrons. The first-order chi connectivity index (χ1) is 19.3. The number of rotatable bonds is 6. The first kappa shape index (κ1) is 26.6. The highest BCUT2D eigenvalue weighted by Crippen LogP contribution is 2.28. The number of benzene rings is 2. The smallest absolute Gasteiger partial charge is 0.323 e. The lowest BCUT2D eigenvalue weighted by atomic mass is 10.2. The van der Waals surface area contributed by atoms with Gasteiger partial charge in [-0.1, -0.05) is 18.2 Å². The number of carbonyl (C=O) groups excluding carboxylic acids is 2. The van der Waals surface area contributed by atoms with Crippen molar-refractivity contribution in [1.29, 1.82) is 0 Å². The van der Waals surface area contributed by atoms with Crippen LogP contribution in [-0.4, -0.2) is 57.5 Å². The first-order valence-corrected chi connectivity index (χ1v) is 12.5. The molecule has 5 rings (SSSR count). The number of nitrogens with zero attached hydrogens (tertiary/aromatic N) is 4. The van der Waals surface area contributed by atoms with Crippen LogP contribution < -0.4 is 20.9 Å². The Morgan fingerprint density at radius 3 is 2.50 bits per heavy atom. The Balaban J connectivity index is 1.28. The van der Waals surface area contributed by atoms with Crippen molar-refractivity contribution in [2.75, 3.05) is 36.9 Å². The zero-order valence-corrected chi connectivity index (χ0v) is 21.9. The van der Waals surface area contributed by atoms with E-state index in [1.54, 1.807) is 47.8 Å². The summed E-state index contributed by atoms with van der Waals surface area (Å²) in [4.78, 5) is 44.3. The molecule has 2 aromatic carbocycles. The van der Waals surface area contributed by atoms with Gasteiger partial charge in [0.25, 0.3) is 11.5 Å². The fraction of sp³-hybridized carbons (Fsp3) is 0.214. The number of pyridine rings is 1. The molecule has 0 spiro atoms. The molecular formula is C28H27FN6O5. The van der Waals surface area contributed by atoms with Crippen molar-refractivity contribution in [2.45, 2.75) is 6.92 Å². The lowest BCUT2D eigenvalue weighted by molar-refractivity contribution is 0.0564. The molecule has 2 N–H and O–H groups in total. The number of aromatic nitrogens is 3. The molecule has 40 heavy (non-hydrogen) atoms. The zero-order valence-electron chi connectivity index (χ0n) is 21.9. The molecule has 1 aliphatic heterocycles. The maximum atomic E-state index is 14.9. The largest absolute Gasteiger partial charge is 0.454 e. The maximum absolute atomic E-state index is 14.9. The molecule has 1 saturated heterocycles. The Morgan fingerprint density at radius 1 is 1.02 bits per heavy atom. The number of amides is 3. The Morgan fingerprint density at radius 2 is 1.77 bits per heavy atom. The minimum atomic E-state index is -0.736. The number of carbonyl (C=O) groups is 2. The molecule has 1 fully saturated rings. The van der Waals surface area contributed by atoms with Crippen LogP contribution in [-0.2, 0) is 11.8 Å². The minimum absolute atomic E-state index is 0.0458. The fourth-order valence-corrected chi connectivity index (χ4v) is 4.31. The van der Waals surface area contributed by atoms with Gasteiger partial charge in [-0.3, -0.25) is 19.6 Å². The highest BCUT2D eigenvalue weighted by molar-refractivity contribution is 6.05. The highest BCUT2D eigenvalue weighted by atomic mass is 19.1. The zero-order chi connectivity index (χ0) is 28.2. The normalized spacial score (nSPS) is 13.1. The Bertz CT molecular complexity index is 1610. The average molecular weight is 547 g/mol. The van der Waals surface area contributed by atoms with Crippen molar-refractivity contribution in [3.63, 3.8) is 0 Å². The number of urea groups is 1. The molecule has 12 heteroatoms. The Labute approximate surface area is 228 Å². The van der Waals surface area contributed by atoms with Crippen LogP contribution in [0.1, 0.15) is 16.1 Å². The van der Waals surface area contributed by atoms with E-state index in [0.717, 1.165) is 6.07 Å². The Hall–Kier alpha value is -4.97. The Kier molecular flexibility index (Phi) is 7.60. The van der Waals surface area contributed by atoms with Gasteiger partial charge in [0.2, 0.25) is 0 Å². The highest BCUT2D eigenvalue weighted by Gasteiger charge is 2.23. The summed E-state index contributed by atoms with van der Waals surface area (Å²) in [6, 6.07) is 15.6. The molecule has 0 atom stereocenters. The van der Waals surface area contributed by atoms with Gasteiger partial charge >= 0.3 is 6.03 Å². The third-order valence-corrected chi connectivity index (χ3v) is 6.46. The van der Waals surface area contributed by atoms with Crippen molar-refractivity contribution < 1.29 is 23.5 Å². The molecular weight excluding hydrogens is 519 g/mol. The van der Waals surface area contributed by atoms with Crippen LogP contribution in [0.15, 0.2) is 71.7 Å². The molecule has 2 aromatic heterocycles. The van der Waals surface area contributed by atoms with E-state index in [4.69, 9.17) is 9.47 Å². The van der Waals surface area contributed by atoms with Crippen LogP contribution in [0.2, 0.25) is 0 Å². The third-order valence-electron chi connectivity index (χ3n) is 6.46. The number of hydrogen-bond donors (Lipinski definition) is 2. The lowest BCUT2D eigenvalue weighted by Gasteiger charge is -2.26. The van der Waals surface area contributed by atoms with E-state index in [-0.39, 0.29) is 34.6 Å². The molecule has 1 aliphatic rings. The van der Waals surface area contributed by atoms with Crippen LogP contribution >= 0.6 is 0 Å². The fourth-order valence-electron chi connectivity index (χ4n) is 4.31. The van der Waals surface area contributed by atoms with E-state index < -0.39 is 17.3 Å². The van der Waals surface area contributed by atoms with E-state index in [2.05, 4.69) is 15.6 Å². The van der Waals surface area contributed by atoms with Crippen LogP contribution in [0.3, 0.4) is 0 Å². The molecule has 11 nitrogen and oxygen atoms in total. The molecule has 0 saturated carbocycles. The predicted molar refractivity (Wildman–Crippen MR) is 146 cm³/mol. The standard InChI is InChI=1S/C28H27FN6O5/c1-18-25(27(37)35(33(18)2)20-6-4-3-5-7-20)26(36)31-19-8-9-23(22(29)16-19)40-21-10-11-30-24(17-21)32-28(38)34-12-14-39-15-13-34/h3-11,16-17H,12-15H2,1-2H3,(H,31,36)(H,30,32,38). The van der Waals surface area contributed by atoms with Crippen molar-refractivity contribution in [3.05, 3.63) is 94.3 Å². The topological polar surface area (TPSA) is 120 Å². The van der Waals surface area contributed by atoms with E-state index in [0.29, 0.717) is 37.7 Å². The predicted octanol–water partition coefficient (Wildman–Crippen LogP) is 3.93. The summed E-state index contributed by atoms with van der Waals surface area (Å²) in [5.74, 6) is -0.991. The SMILES string of the molecule is Cc1c(C(=O)Nc2ccc(Oc3ccnc(NC(=O)N4CCOCC4)c3)c(F)c2)c(=O)n(-c2ccccc2)n1C. The molecule has 3 heterocycles. The van der Waals surface area contributed by atoms with E-state index in [1.807, 2.05) is 6.07 Å². The summed E-state index contributed by atoms with van der Waals surface area (Å²) in [6.07, 6.45) is 1.43. The van der Waals surface area contributed by atoms with Crippen LogP contribution in [0.4, 0.5) is 20.7 Å². The quantitative estimate of drug-likeness (QED) is 0.378. The van der Waals surface area contributed by atoms with Crippen molar-refractivity contribution in [3.8, 4) is 17.2 Å². The minimum Gasteiger partial charge on any atom is -0.454 e. The number of anilines is 2. The van der Waals surface area contributed by atoms with Gasteiger partial charge in [0.15, 0.2) is 11.6 Å². The van der Waals surface area contributed by atoms with Crippen LogP contribution in [0.5, 0.6) is 11.5 Å². The molecule has 4 aromatic rings. The van der Waals surface area contributed by atoms with Gasteiger partial charge in [0, 0.05) is 44.2 Å². The van der Waals surface area contributed by atoms with E-state index in [9.17, 15) is 18.8 Å². The van der Waals surface area contributed by atoms with E-state index >= 15 is 0 Å². The number of nitrogens with one attached hydrogen (secondary N) is 2. The summed E-state index contributed by atoms with van der Waals surface area (Å²) < 4.78 is 28.8. The molecule has 0 aliphatic carbocycles. The van der Waals surface area contributed by atoms with Crippen molar-refractivity contribution in [2.24, 2.45) is 7.05 Å². The summed E-state index contributed by atoms with van der Waals surface area (Å²) in [7, 11) is 1.69. The second-order valence-electron chi connectivity index (χ2n) is 9.04. The average Bonchev–Trinajstić information content (AvgIpc) is 3.18. The van der Waals surface area contributed by atoms with Crippen molar-refractivity contribution in [1.82, 2.24) is 19.2 Å². The van der Waals surface area contributed by atoms with Gasteiger partial charge in [0.05, 0.1) is 24.6 Å². The second kappa shape index (κ2) is 11.4.